The van der Waals surface area contributed by atoms with E-state index in [1.807, 2.05) is 24.3 Å². The van der Waals surface area contributed by atoms with Crippen molar-refractivity contribution in [1.29, 1.82) is 0 Å². The molecule has 0 aliphatic carbocycles. The van der Waals surface area contributed by atoms with Gasteiger partial charge in [0.2, 0.25) is 5.91 Å². The first-order valence-electron chi connectivity index (χ1n) is 11.4. The van der Waals surface area contributed by atoms with Crippen LogP contribution in [-0.2, 0) is 29.2 Å². The normalized spacial score (nSPS) is 18.6. The van der Waals surface area contributed by atoms with E-state index in [-0.39, 0.29) is 24.7 Å². The van der Waals surface area contributed by atoms with Crippen molar-refractivity contribution >= 4 is 18.1 Å². The monoisotopic (exact) mass is 481 g/mol. The second kappa shape index (κ2) is 10.9. The molecule has 3 aromatic rings. The van der Waals surface area contributed by atoms with Crippen molar-refractivity contribution in [2.45, 2.75) is 45.7 Å². The summed E-state index contributed by atoms with van der Waals surface area (Å²) in [4.78, 5) is 15.1. The number of hydrogen-bond donors (Lipinski definition) is 2. The smallest absolute Gasteiger partial charge is 0.240 e. The third-order valence-corrected chi connectivity index (χ3v) is 6.13. The molecular weight excluding hydrogens is 450 g/mol. The van der Waals surface area contributed by atoms with Gasteiger partial charge >= 0.3 is 0 Å². The van der Waals surface area contributed by atoms with Crippen molar-refractivity contribution in [1.82, 2.24) is 25.0 Å². The number of nitrogens with one attached hydrogen (secondary N) is 2. The molecule has 9 heteroatoms. The Kier molecular flexibility index (Phi) is 7.77. The summed E-state index contributed by atoms with van der Waals surface area (Å²) in [5, 5.41) is 10.1. The lowest BCUT2D eigenvalue weighted by Gasteiger charge is -2.35. The first kappa shape index (κ1) is 24.1. The number of carbonyl (C=O) groups is 1. The van der Waals surface area contributed by atoms with Crippen LogP contribution in [0.1, 0.15) is 25.0 Å². The second-order valence-corrected chi connectivity index (χ2v) is 9.10. The van der Waals surface area contributed by atoms with E-state index in [9.17, 15) is 4.79 Å². The highest BCUT2D eigenvalue weighted by atomic mass is 32.1. The summed E-state index contributed by atoms with van der Waals surface area (Å²) in [7, 11) is 1.62. The molecule has 1 fully saturated rings. The van der Waals surface area contributed by atoms with Gasteiger partial charge in [0.05, 0.1) is 19.3 Å². The van der Waals surface area contributed by atoms with Crippen LogP contribution in [0.5, 0.6) is 5.75 Å². The van der Waals surface area contributed by atoms with E-state index in [1.165, 1.54) is 5.56 Å². The summed E-state index contributed by atoms with van der Waals surface area (Å²) in [5.74, 6) is 1.23. The fourth-order valence-corrected chi connectivity index (χ4v) is 4.46. The first-order valence-corrected chi connectivity index (χ1v) is 11.8. The van der Waals surface area contributed by atoms with Crippen LogP contribution in [0.15, 0.2) is 48.5 Å². The third-order valence-electron chi connectivity index (χ3n) is 5.82. The summed E-state index contributed by atoms with van der Waals surface area (Å²) >= 11 is 5.34. The van der Waals surface area contributed by atoms with Crippen molar-refractivity contribution in [3.63, 3.8) is 0 Å². The minimum Gasteiger partial charge on any atom is -0.497 e. The molecule has 2 N–H and O–H groups in total. The highest BCUT2D eigenvalue weighted by Gasteiger charge is 2.22. The molecule has 2 atom stereocenters. The summed E-state index contributed by atoms with van der Waals surface area (Å²) in [6, 6.07) is 15.9. The number of aromatic nitrogens is 3. The second-order valence-electron chi connectivity index (χ2n) is 8.71. The van der Waals surface area contributed by atoms with Gasteiger partial charge in [-0.2, -0.15) is 5.10 Å². The summed E-state index contributed by atoms with van der Waals surface area (Å²) in [6.45, 7) is 7.55. The molecule has 1 aromatic heterocycles. The quantitative estimate of drug-likeness (QED) is 0.479. The standard InChI is InChI=1S/C25H31N5O3S/c1-17-13-29(14-18(2)33-17)15-20-6-4-19(5-7-20)12-26-23(31)16-30-24(27-28-25(30)34)21-8-10-22(32-3)11-9-21/h4-11,17-18H,12-16H2,1-3H3,(H,26,31)(H,28,34). The fraction of sp³-hybridized carbons (Fsp3) is 0.400. The van der Waals surface area contributed by atoms with E-state index in [0.717, 1.165) is 36.5 Å². The van der Waals surface area contributed by atoms with Crippen LogP contribution < -0.4 is 10.1 Å². The molecule has 180 valence electrons. The number of rotatable bonds is 8. The molecular formula is C25H31N5O3S. The van der Waals surface area contributed by atoms with Gasteiger partial charge in [-0.1, -0.05) is 24.3 Å². The van der Waals surface area contributed by atoms with Gasteiger partial charge in [-0.25, -0.2) is 0 Å². The fourth-order valence-electron chi connectivity index (χ4n) is 4.26. The van der Waals surface area contributed by atoms with Crippen molar-refractivity contribution in [2.24, 2.45) is 0 Å². The third kappa shape index (κ3) is 6.11. The van der Waals surface area contributed by atoms with Gasteiger partial charge in [-0.3, -0.25) is 19.4 Å². The molecule has 0 spiro atoms. The van der Waals surface area contributed by atoms with Crippen LogP contribution in [-0.4, -0.2) is 58.0 Å². The minimum atomic E-state index is -0.132. The summed E-state index contributed by atoms with van der Waals surface area (Å²) < 4.78 is 13.1. The zero-order valence-electron chi connectivity index (χ0n) is 19.8. The van der Waals surface area contributed by atoms with E-state index in [2.05, 4.69) is 58.5 Å². The molecule has 1 amide bonds. The largest absolute Gasteiger partial charge is 0.497 e. The Morgan fingerprint density at radius 2 is 1.76 bits per heavy atom. The van der Waals surface area contributed by atoms with Gasteiger partial charge in [0.1, 0.15) is 12.3 Å². The van der Waals surface area contributed by atoms with Gasteiger partial charge in [-0.05, 0) is 61.5 Å². The molecule has 2 heterocycles. The maximum Gasteiger partial charge on any atom is 0.240 e. The molecule has 34 heavy (non-hydrogen) atoms. The molecule has 1 aliphatic heterocycles. The Bertz CT molecular complexity index is 1150. The number of aromatic amines is 1. The van der Waals surface area contributed by atoms with Crippen molar-refractivity contribution in [2.75, 3.05) is 20.2 Å². The zero-order valence-corrected chi connectivity index (χ0v) is 20.6. The molecule has 4 rings (SSSR count). The molecule has 2 aromatic carbocycles. The molecule has 1 saturated heterocycles. The van der Waals surface area contributed by atoms with E-state index in [4.69, 9.17) is 21.7 Å². The lowest BCUT2D eigenvalue weighted by molar-refractivity contribution is -0.121. The first-order chi connectivity index (χ1) is 16.4. The van der Waals surface area contributed by atoms with Crippen LogP contribution in [0.25, 0.3) is 11.4 Å². The number of benzene rings is 2. The van der Waals surface area contributed by atoms with Gasteiger partial charge in [0.25, 0.3) is 0 Å². The number of hydrogen-bond acceptors (Lipinski definition) is 6. The van der Waals surface area contributed by atoms with Gasteiger partial charge in [0, 0.05) is 31.7 Å². The Balaban J connectivity index is 1.32. The number of ether oxygens (including phenoxy) is 2. The van der Waals surface area contributed by atoms with Crippen LogP contribution >= 0.6 is 12.2 Å². The molecule has 0 saturated carbocycles. The number of methoxy groups -OCH3 is 1. The molecule has 1 aliphatic rings. The Labute approximate surface area is 204 Å². The van der Waals surface area contributed by atoms with Crippen LogP contribution in [0, 0.1) is 4.77 Å². The molecule has 8 nitrogen and oxygen atoms in total. The van der Waals surface area contributed by atoms with Gasteiger partial charge in [-0.15, -0.1) is 0 Å². The maximum absolute atomic E-state index is 12.7. The van der Waals surface area contributed by atoms with Crippen molar-refractivity contribution < 1.29 is 14.3 Å². The van der Waals surface area contributed by atoms with Crippen LogP contribution in [0.3, 0.4) is 0 Å². The van der Waals surface area contributed by atoms with Gasteiger partial charge in [0.15, 0.2) is 10.6 Å². The Morgan fingerprint density at radius 1 is 1.12 bits per heavy atom. The predicted octanol–water partition coefficient (Wildman–Crippen LogP) is 3.54. The Morgan fingerprint density at radius 3 is 2.41 bits per heavy atom. The highest BCUT2D eigenvalue weighted by molar-refractivity contribution is 7.71. The van der Waals surface area contributed by atoms with E-state index < -0.39 is 0 Å². The molecule has 0 bridgehead atoms. The van der Waals surface area contributed by atoms with Crippen molar-refractivity contribution in [3.8, 4) is 17.1 Å². The highest BCUT2D eigenvalue weighted by Crippen LogP contribution is 2.21. The lowest BCUT2D eigenvalue weighted by atomic mass is 10.1. The molecule has 2 unspecified atom stereocenters. The van der Waals surface area contributed by atoms with Crippen LogP contribution in [0.2, 0.25) is 0 Å². The molecule has 0 radical (unpaired) electrons. The predicted molar refractivity (Wildman–Crippen MR) is 133 cm³/mol. The summed E-state index contributed by atoms with van der Waals surface area (Å²) in [5.41, 5.74) is 3.15. The Hall–Kier alpha value is -3.01. The SMILES string of the molecule is COc1ccc(-c2n[nH]c(=S)n2CC(=O)NCc2ccc(CN3CC(C)OC(C)C3)cc2)cc1. The van der Waals surface area contributed by atoms with Crippen molar-refractivity contribution in [3.05, 3.63) is 64.4 Å². The number of carbonyl (C=O) groups excluding carboxylic acids is 1. The zero-order chi connectivity index (χ0) is 24.1. The number of amides is 1. The van der Waals surface area contributed by atoms with Crippen LogP contribution in [0.4, 0.5) is 0 Å². The maximum atomic E-state index is 12.7. The number of nitrogens with zero attached hydrogens (tertiary/aromatic N) is 3. The minimum absolute atomic E-state index is 0.0855. The summed E-state index contributed by atoms with van der Waals surface area (Å²) in [6.07, 6.45) is 0.513. The average molecular weight is 482 g/mol. The van der Waals surface area contributed by atoms with E-state index in [0.29, 0.717) is 17.1 Å². The number of H-pyrrole nitrogens is 1. The lowest BCUT2D eigenvalue weighted by Crippen LogP contribution is -2.44. The van der Waals surface area contributed by atoms with Gasteiger partial charge < -0.3 is 14.8 Å². The topological polar surface area (TPSA) is 84.4 Å². The average Bonchev–Trinajstić information content (AvgIpc) is 3.18. The van der Waals surface area contributed by atoms with E-state index in [1.54, 1.807) is 11.7 Å². The number of morpholine rings is 1. The van der Waals surface area contributed by atoms with E-state index >= 15 is 0 Å².